The Morgan fingerprint density at radius 2 is 1.59 bits per heavy atom. The molecule has 0 bridgehead atoms. The van der Waals surface area contributed by atoms with Crippen LogP contribution < -0.4 is 9.64 Å². The summed E-state index contributed by atoms with van der Waals surface area (Å²) < 4.78 is 5.28. The Balaban J connectivity index is 1.76. The molecule has 0 saturated carbocycles. The minimum Gasteiger partial charge on any atom is -0.497 e. The molecule has 0 atom stereocenters. The van der Waals surface area contributed by atoms with Crippen LogP contribution in [0.5, 0.6) is 5.75 Å². The molecule has 0 radical (unpaired) electrons. The van der Waals surface area contributed by atoms with Crippen LogP contribution in [0.25, 0.3) is 5.57 Å². The van der Waals surface area contributed by atoms with Gasteiger partial charge in [-0.05, 0) is 74.8 Å². The van der Waals surface area contributed by atoms with E-state index >= 15 is 0 Å². The Hall–Kier alpha value is -3.12. The SMILES string of the molecule is CCc1ccc(N2C(=O)C(c3ccc(OC)cc3)=C(N(C)C3CCN(C)CC3)C2=O)cc1. The quantitative estimate of drug-likeness (QED) is 0.652. The van der Waals surface area contributed by atoms with E-state index in [4.69, 9.17) is 4.74 Å². The highest BCUT2D eigenvalue weighted by Gasteiger charge is 2.43. The van der Waals surface area contributed by atoms with Crippen LogP contribution in [0.4, 0.5) is 5.69 Å². The van der Waals surface area contributed by atoms with Crippen molar-refractivity contribution in [2.45, 2.75) is 32.2 Å². The fourth-order valence-corrected chi connectivity index (χ4v) is 4.54. The van der Waals surface area contributed by atoms with Gasteiger partial charge in [0.1, 0.15) is 11.4 Å². The number of amides is 2. The van der Waals surface area contributed by atoms with Crippen LogP contribution in [0, 0.1) is 0 Å². The number of imide groups is 1. The first-order valence-electron chi connectivity index (χ1n) is 11.2. The lowest BCUT2D eigenvalue weighted by molar-refractivity contribution is -0.120. The third-order valence-electron chi connectivity index (χ3n) is 6.63. The predicted octanol–water partition coefficient (Wildman–Crippen LogP) is 3.57. The molecule has 4 rings (SSSR count). The summed E-state index contributed by atoms with van der Waals surface area (Å²) in [6.45, 7) is 4.04. The number of aryl methyl sites for hydroxylation is 1. The molecule has 0 aromatic heterocycles. The Morgan fingerprint density at radius 3 is 2.16 bits per heavy atom. The number of benzene rings is 2. The molecule has 1 fully saturated rings. The van der Waals surface area contributed by atoms with E-state index in [0.29, 0.717) is 22.7 Å². The number of rotatable bonds is 6. The minimum absolute atomic E-state index is 0.216. The summed E-state index contributed by atoms with van der Waals surface area (Å²) in [4.78, 5) is 33.0. The minimum atomic E-state index is -0.279. The second-order valence-corrected chi connectivity index (χ2v) is 8.56. The number of nitrogens with zero attached hydrogens (tertiary/aromatic N) is 3. The number of carbonyl (C=O) groups is 2. The van der Waals surface area contributed by atoms with E-state index in [1.165, 1.54) is 10.5 Å². The number of likely N-dealkylation sites (tertiary alicyclic amines) is 1. The molecule has 168 valence electrons. The van der Waals surface area contributed by atoms with E-state index in [9.17, 15) is 9.59 Å². The maximum absolute atomic E-state index is 13.7. The molecule has 32 heavy (non-hydrogen) atoms. The highest BCUT2D eigenvalue weighted by Crippen LogP contribution is 2.36. The molecular formula is C26H31N3O3. The van der Waals surface area contributed by atoms with E-state index in [1.54, 1.807) is 7.11 Å². The van der Waals surface area contributed by atoms with Gasteiger partial charge in [0.25, 0.3) is 11.8 Å². The number of ether oxygens (including phenoxy) is 1. The first-order chi connectivity index (χ1) is 15.4. The van der Waals surface area contributed by atoms with Gasteiger partial charge >= 0.3 is 0 Å². The molecule has 1 saturated heterocycles. The first-order valence-corrected chi connectivity index (χ1v) is 11.2. The number of likely N-dealkylation sites (N-methyl/N-ethyl adjacent to an activating group) is 1. The van der Waals surface area contributed by atoms with Crippen LogP contribution in [-0.4, -0.2) is 62.0 Å². The maximum atomic E-state index is 13.7. The van der Waals surface area contributed by atoms with Crippen molar-refractivity contribution in [1.29, 1.82) is 0 Å². The monoisotopic (exact) mass is 433 g/mol. The van der Waals surface area contributed by atoms with Crippen molar-refractivity contribution < 1.29 is 14.3 Å². The van der Waals surface area contributed by atoms with Gasteiger partial charge in [0.2, 0.25) is 0 Å². The molecule has 0 aliphatic carbocycles. The van der Waals surface area contributed by atoms with E-state index in [-0.39, 0.29) is 17.9 Å². The normalized spacial score (nSPS) is 17.9. The Kier molecular flexibility index (Phi) is 6.33. The third kappa shape index (κ3) is 4.02. The zero-order valence-corrected chi connectivity index (χ0v) is 19.3. The Morgan fingerprint density at radius 1 is 0.969 bits per heavy atom. The lowest BCUT2D eigenvalue weighted by atomic mass is 10.00. The maximum Gasteiger partial charge on any atom is 0.282 e. The summed E-state index contributed by atoms with van der Waals surface area (Å²) in [5.41, 5.74) is 3.44. The van der Waals surface area contributed by atoms with Crippen LogP contribution in [0.1, 0.15) is 30.9 Å². The van der Waals surface area contributed by atoms with Crippen molar-refractivity contribution >= 4 is 23.1 Å². The van der Waals surface area contributed by atoms with Gasteiger partial charge in [-0.15, -0.1) is 0 Å². The van der Waals surface area contributed by atoms with Crippen molar-refractivity contribution in [3.8, 4) is 5.75 Å². The molecule has 0 spiro atoms. The highest BCUT2D eigenvalue weighted by atomic mass is 16.5. The van der Waals surface area contributed by atoms with Crippen molar-refractivity contribution in [2.75, 3.05) is 39.2 Å². The number of carbonyl (C=O) groups excluding carboxylic acids is 2. The summed E-state index contributed by atoms with van der Waals surface area (Å²) >= 11 is 0. The Bertz CT molecular complexity index is 1020. The zero-order valence-electron chi connectivity index (χ0n) is 19.3. The van der Waals surface area contributed by atoms with Gasteiger partial charge in [-0.25, -0.2) is 4.90 Å². The van der Waals surface area contributed by atoms with Crippen molar-refractivity contribution in [1.82, 2.24) is 9.80 Å². The van der Waals surface area contributed by atoms with Crippen LogP contribution in [0.15, 0.2) is 54.2 Å². The highest BCUT2D eigenvalue weighted by molar-refractivity contribution is 6.45. The van der Waals surface area contributed by atoms with E-state index in [1.807, 2.05) is 60.5 Å². The smallest absolute Gasteiger partial charge is 0.282 e. The predicted molar refractivity (Wildman–Crippen MR) is 127 cm³/mol. The number of hydrogen-bond donors (Lipinski definition) is 0. The second kappa shape index (κ2) is 9.17. The van der Waals surface area contributed by atoms with Crippen LogP contribution >= 0.6 is 0 Å². The molecule has 2 heterocycles. The van der Waals surface area contributed by atoms with Gasteiger partial charge in [-0.1, -0.05) is 31.2 Å². The molecule has 6 nitrogen and oxygen atoms in total. The summed E-state index contributed by atoms with van der Waals surface area (Å²) in [6.07, 6.45) is 2.82. The molecule has 2 aliphatic heterocycles. The number of hydrogen-bond acceptors (Lipinski definition) is 5. The topological polar surface area (TPSA) is 53.1 Å². The van der Waals surface area contributed by atoms with E-state index < -0.39 is 0 Å². The molecular weight excluding hydrogens is 402 g/mol. The molecule has 2 aromatic rings. The van der Waals surface area contributed by atoms with Crippen LogP contribution in [-0.2, 0) is 16.0 Å². The largest absolute Gasteiger partial charge is 0.497 e. The zero-order chi connectivity index (χ0) is 22.8. The van der Waals surface area contributed by atoms with Gasteiger partial charge in [-0.2, -0.15) is 0 Å². The van der Waals surface area contributed by atoms with Gasteiger partial charge in [0, 0.05) is 13.1 Å². The lowest BCUT2D eigenvalue weighted by Gasteiger charge is -2.36. The average molecular weight is 434 g/mol. The fraction of sp³-hybridized carbons (Fsp3) is 0.385. The number of methoxy groups -OCH3 is 1. The third-order valence-corrected chi connectivity index (χ3v) is 6.63. The molecule has 0 N–H and O–H groups in total. The summed E-state index contributed by atoms with van der Waals surface area (Å²) in [7, 11) is 5.67. The fourth-order valence-electron chi connectivity index (χ4n) is 4.54. The molecule has 2 aliphatic rings. The van der Waals surface area contributed by atoms with Crippen LogP contribution in [0.2, 0.25) is 0 Å². The molecule has 2 amide bonds. The molecule has 0 unspecified atom stereocenters. The molecule has 2 aromatic carbocycles. The van der Waals surface area contributed by atoms with Gasteiger partial charge in [-0.3, -0.25) is 9.59 Å². The van der Waals surface area contributed by atoms with Gasteiger partial charge in [0.15, 0.2) is 0 Å². The summed E-state index contributed by atoms with van der Waals surface area (Å²) in [6, 6.07) is 15.2. The number of piperidine rings is 1. The van der Waals surface area contributed by atoms with Gasteiger partial charge < -0.3 is 14.5 Å². The van der Waals surface area contributed by atoms with E-state index in [0.717, 1.165) is 37.9 Å². The number of anilines is 1. The standard InChI is InChI=1S/C26H31N3O3/c1-5-18-6-10-21(11-7-18)29-25(30)23(19-8-12-22(32-4)13-9-19)24(26(29)31)28(3)20-14-16-27(2)17-15-20/h6-13,20H,5,14-17H2,1-4H3. The lowest BCUT2D eigenvalue weighted by Crippen LogP contribution is -2.43. The second-order valence-electron chi connectivity index (χ2n) is 8.56. The molecule has 6 heteroatoms. The van der Waals surface area contributed by atoms with Crippen molar-refractivity contribution in [3.05, 3.63) is 65.4 Å². The van der Waals surface area contributed by atoms with Gasteiger partial charge in [0.05, 0.1) is 18.4 Å². The van der Waals surface area contributed by atoms with E-state index in [2.05, 4.69) is 18.9 Å². The Labute approximate surface area is 190 Å². The summed E-state index contributed by atoms with van der Waals surface area (Å²) in [5.74, 6) is 0.175. The summed E-state index contributed by atoms with van der Waals surface area (Å²) in [5, 5.41) is 0. The first kappa shape index (κ1) is 22.1. The average Bonchev–Trinajstić information content (AvgIpc) is 3.09. The van der Waals surface area contributed by atoms with Crippen molar-refractivity contribution in [2.24, 2.45) is 0 Å². The van der Waals surface area contributed by atoms with Crippen LogP contribution in [0.3, 0.4) is 0 Å². The van der Waals surface area contributed by atoms with Crippen molar-refractivity contribution in [3.63, 3.8) is 0 Å².